The van der Waals surface area contributed by atoms with Gasteiger partial charge in [-0.15, -0.1) is 11.3 Å². The largest absolute Gasteiger partial charge is 0.497 e. The molecule has 100 valence electrons. The van der Waals surface area contributed by atoms with Crippen molar-refractivity contribution in [3.63, 3.8) is 0 Å². The number of amides is 1. The Bertz CT molecular complexity index is 611. The fourth-order valence-corrected chi connectivity index (χ4v) is 2.68. The van der Waals surface area contributed by atoms with Crippen molar-refractivity contribution in [3.8, 4) is 5.75 Å². The van der Waals surface area contributed by atoms with Crippen LogP contribution in [0.3, 0.4) is 0 Å². The number of carboxylic acid groups (broad SMARTS) is 1. The van der Waals surface area contributed by atoms with Gasteiger partial charge in [0.25, 0.3) is 0 Å². The van der Waals surface area contributed by atoms with Crippen molar-refractivity contribution < 1.29 is 19.4 Å². The SMILES string of the molecule is COc1ccc2nc(C[C@H](NC=O)C(=O)O)sc2c1. The average molecular weight is 280 g/mol. The summed E-state index contributed by atoms with van der Waals surface area (Å²) in [7, 11) is 1.58. The number of hydrogen-bond acceptors (Lipinski definition) is 5. The van der Waals surface area contributed by atoms with Crippen molar-refractivity contribution in [2.24, 2.45) is 0 Å². The van der Waals surface area contributed by atoms with Gasteiger partial charge >= 0.3 is 5.97 Å². The number of benzene rings is 1. The molecule has 0 fully saturated rings. The van der Waals surface area contributed by atoms with Gasteiger partial charge in [0.1, 0.15) is 11.8 Å². The first-order chi connectivity index (χ1) is 9.13. The van der Waals surface area contributed by atoms with Crippen LogP contribution in [0, 0.1) is 0 Å². The van der Waals surface area contributed by atoms with E-state index in [0.29, 0.717) is 11.4 Å². The molecule has 0 aliphatic carbocycles. The molecular formula is C12H12N2O4S. The van der Waals surface area contributed by atoms with E-state index in [-0.39, 0.29) is 6.42 Å². The van der Waals surface area contributed by atoms with Crippen molar-refractivity contribution in [1.82, 2.24) is 10.3 Å². The highest BCUT2D eigenvalue weighted by atomic mass is 32.1. The summed E-state index contributed by atoms with van der Waals surface area (Å²) < 4.78 is 6.04. The Morgan fingerprint density at radius 1 is 1.63 bits per heavy atom. The Morgan fingerprint density at radius 2 is 2.42 bits per heavy atom. The number of aromatic nitrogens is 1. The molecule has 0 spiro atoms. The van der Waals surface area contributed by atoms with Crippen LogP contribution in [0.4, 0.5) is 0 Å². The fourth-order valence-electron chi connectivity index (χ4n) is 1.64. The molecule has 19 heavy (non-hydrogen) atoms. The fraction of sp³-hybridized carbons (Fsp3) is 0.250. The average Bonchev–Trinajstić information content (AvgIpc) is 2.79. The van der Waals surface area contributed by atoms with Gasteiger partial charge in [-0.2, -0.15) is 0 Å². The summed E-state index contributed by atoms with van der Waals surface area (Å²) in [5.41, 5.74) is 0.788. The third kappa shape index (κ3) is 3.00. The third-order valence-corrected chi connectivity index (χ3v) is 3.63. The van der Waals surface area contributed by atoms with E-state index in [2.05, 4.69) is 10.3 Å². The second-order valence-corrected chi connectivity index (χ2v) is 4.94. The molecule has 1 aromatic carbocycles. The Kier molecular flexibility index (Phi) is 3.96. The maximum absolute atomic E-state index is 10.9. The summed E-state index contributed by atoms with van der Waals surface area (Å²) in [6.07, 6.45) is 0.546. The highest BCUT2D eigenvalue weighted by Gasteiger charge is 2.19. The Morgan fingerprint density at radius 3 is 3.05 bits per heavy atom. The first kappa shape index (κ1) is 13.3. The minimum Gasteiger partial charge on any atom is -0.497 e. The summed E-state index contributed by atoms with van der Waals surface area (Å²) in [6.45, 7) is 0. The van der Waals surface area contributed by atoms with Gasteiger partial charge in [0.15, 0.2) is 0 Å². The van der Waals surface area contributed by atoms with Crippen LogP contribution in [0.5, 0.6) is 5.75 Å². The highest BCUT2D eigenvalue weighted by molar-refractivity contribution is 7.18. The molecule has 0 aliphatic heterocycles. The summed E-state index contributed by atoms with van der Waals surface area (Å²) in [5, 5.41) is 11.9. The predicted octanol–water partition coefficient (Wildman–Crippen LogP) is 1.05. The number of hydrogen-bond donors (Lipinski definition) is 2. The maximum atomic E-state index is 10.9. The Balaban J connectivity index is 2.25. The number of fused-ring (bicyclic) bond motifs is 1. The summed E-state index contributed by atoms with van der Waals surface area (Å²) in [5.74, 6) is -0.354. The first-order valence-electron chi connectivity index (χ1n) is 5.50. The molecule has 1 amide bonds. The van der Waals surface area contributed by atoms with Crippen molar-refractivity contribution in [1.29, 1.82) is 0 Å². The normalized spacial score (nSPS) is 12.1. The van der Waals surface area contributed by atoms with Crippen molar-refractivity contribution >= 4 is 33.9 Å². The standard InChI is InChI=1S/C12H12N2O4S/c1-18-7-2-3-8-10(4-7)19-11(14-8)5-9(12(16)17)13-6-15/h2-4,6,9H,5H2,1H3,(H,13,15)(H,16,17)/t9-/m0/s1. The molecule has 0 unspecified atom stereocenters. The van der Waals surface area contributed by atoms with Gasteiger partial charge in [-0.3, -0.25) is 4.79 Å². The number of nitrogens with one attached hydrogen (secondary N) is 1. The van der Waals surface area contributed by atoms with Crippen LogP contribution in [0.15, 0.2) is 18.2 Å². The van der Waals surface area contributed by atoms with Gasteiger partial charge in [-0.1, -0.05) is 0 Å². The predicted molar refractivity (Wildman–Crippen MR) is 70.5 cm³/mol. The van der Waals surface area contributed by atoms with E-state index in [4.69, 9.17) is 9.84 Å². The molecule has 1 atom stereocenters. The molecule has 2 rings (SSSR count). The minimum absolute atomic E-state index is 0.162. The molecule has 0 bridgehead atoms. The number of ether oxygens (including phenoxy) is 1. The topological polar surface area (TPSA) is 88.5 Å². The number of aliphatic carboxylic acids is 1. The first-order valence-corrected chi connectivity index (χ1v) is 6.31. The van der Waals surface area contributed by atoms with Gasteiger partial charge in [-0.25, -0.2) is 9.78 Å². The van der Waals surface area contributed by atoms with Crippen LogP contribution in [-0.2, 0) is 16.0 Å². The molecule has 0 saturated heterocycles. The van der Waals surface area contributed by atoms with Crippen molar-refractivity contribution in [2.75, 3.05) is 7.11 Å². The number of carbonyl (C=O) groups excluding carboxylic acids is 1. The second kappa shape index (κ2) is 5.66. The molecule has 7 heteroatoms. The number of carboxylic acids is 1. The number of carbonyl (C=O) groups is 2. The molecule has 6 nitrogen and oxygen atoms in total. The second-order valence-electron chi connectivity index (χ2n) is 3.82. The van der Waals surface area contributed by atoms with Crippen LogP contribution in [0.25, 0.3) is 10.2 Å². The lowest BCUT2D eigenvalue weighted by Crippen LogP contribution is -2.37. The van der Waals surface area contributed by atoms with Gasteiger partial charge in [0.2, 0.25) is 6.41 Å². The van der Waals surface area contributed by atoms with Crippen LogP contribution in [0.2, 0.25) is 0 Å². The zero-order chi connectivity index (χ0) is 13.8. The summed E-state index contributed by atoms with van der Waals surface area (Å²) in [4.78, 5) is 25.6. The van der Waals surface area contributed by atoms with E-state index in [1.54, 1.807) is 13.2 Å². The lowest BCUT2D eigenvalue weighted by atomic mass is 10.2. The molecule has 2 aromatic rings. The number of nitrogens with zero attached hydrogens (tertiary/aromatic N) is 1. The molecule has 2 N–H and O–H groups in total. The molecular weight excluding hydrogens is 268 g/mol. The van der Waals surface area contributed by atoms with Crippen LogP contribution >= 0.6 is 11.3 Å². The minimum atomic E-state index is -1.08. The van der Waals surface area contributed by atoms with E-state index in [9.17, 15) is 9.59 Å². The highest BCUT2D eigenvalue weighted by Crippen LogP contribution is 2.26. The Labute approximate surface area is 113 Å². The van der Waals surface area contributed by atoms with Gasteiger partial charge in [0.05, 0.1) is 22.3 Å². The lowest BCUT2D eigenvalue weighted by Gasteiger charge is -2.07. The number of rotatable bonds is 6. The monoisotopic (exact) mass is 280 g/mol. The third-order valence-electron chi connectivity index (χ3n) is 2.59. The van der Waals surface area contributed by atoms with Gasteiger partial charge in [0, 0.05) is 6.42 Å². The number of thiazole rings is 1. The van der Waals surface area contributed by atoms with Crippen molar-refractivity contribution in [2.45, 2.75) is 12.5 Å². The van der Waals surface area contributed by atoms with Crippen LogP contribution in [-0.4, -0.2) is 35.6 Å². The smallest absolute Gasteiger partial charge is 0.326 e. The van der Waals surface area contributed by atoms with Crippen LogP contribution < -0.4 is 10.1 Å². The quantitative estimate of drug-likeness (QED) is 0.772. The van der Waals surface area contributed by atoms with Crippen molar-refractivity contribution in [3.05, 3.63) is 23.2 Å². The molecule has 0 radical (unpaired) electrons. The molecule has 1 aromatic heterocycles. The lowest BCUT2D eigenvalue weighted by molar-refractivity contribution is -0.140. The van der Waals surface area contributed by atoms with E-state index in [1.807, 2.05) is 12.1 Å². The molecule has 0 aliphatic rings. The maximum Gasteiger partial charge on any atom is 0.326 e. The van der Waals surface area contributed by atoms with Crippen LogP contribution in [0.1, 0.15) is 5.01 Å². The van der Waals surface area contributed by atoms with Gasteiger partial charge in [-0.05, 0) is 18.2 Å². The van der Waals surface area contributed by atoms with E-state index < -0.39 is 12.0 Å². The van der Waals surface area contributed by atoms with E-state index >= 15 is 0 Å². The zero-order valence-electron chi connectivity index (χ0n) is 10.1. The molecule has 0 saturated carbocycles. The van der Waals surface area contributed by atoms with E-state index in [0.717, 1.165) is 16.0 Å². The summed E-state index contributed by atoms with van der Waals surface area (Å²) in [6, 6.07) is 4.50. The van der Waals surface area contributed by atoms with E-state index in [1.165, 1.54) is 11.3 Å². The zero-order valence-corrected chi connectivity index (χ0v) is 10.9. The number of methoxy groups -OCH3 is 1. The summed E-state index contributed by atoms with van der Waals surface area (Å²) >= 11 is 1.39. The van der Waals surface area contributed by atoms with Gasteiger partial charge < -0.3 is 15.2 Å². The Hall–Kier alpha value is -2.15. The molecule has 1 heterocycles.